The maximum atomic E-state index is 6.11. The van der Waals surface area contributed by atoms with Crippen molar-refractivity contribution in [3.05, 3.63) is 58.9 Å². The molecule has 0 spiro atoms. The molecule has 1 aromatic rings. The van der Waals surface area contributed by atoms with Gasteiger partial charge in [-0.15, -0.1) is 0 Å². The van der Waals surface area contributed by atoms with E-state index in [-0.39, 0.29) is 5.92 Å². The quantitative estimate of drug-likeness (QED) is 0.294. The van der Waals surface area contributed by atoms with Crippen LogP contribution in [-0.2, 0) is 4.74 Å². The molecule has 28 heavy (non-hydrogen) atoms. The van der Waals surface area contributed by atoms with Gasteiger partial charge in [-0.2, -0.15) is 0 Å². The van der Waals surface area contributed by atoms with Gasteiger partial charge in [-0.1, -0.05) is 44.2 Å². The average Bonchev–Trinajstić information content (AvgIpc) is 2.67. The molecule has 0 heterocycles. The number of benzene rings is 1. The minimum absolute atomic E-state index is 0.183. The summed E-state index contributed by atoms with van der Waals surface area (Å²) in [5.41, 5.74) is 6.13. The van der Waals surface area contributed by atoms with Crippen molar-refractivity contribution in [2.45, 2.75) is 72.6 Å². The lowest BCUT2D eigenvalue weighted by Gasteiger charge is -2.21. The monoisotopic (exact) mass is 384 g/mol. The smallest absolute Gasteiger partial charge is 0.0590 e. The molecule has 1 atom stereocenters. The number of aryl methyl sites for hydroxylation is 1. The molecule has 3 nitrogen and oxygen atoms in total. The normalized spacial score (nSPS) is 13.1. The Morgan fingerprint density at radius 1 is 1.25 bits per heavy atom. The van der Waals surface area contributed by atoms with Gasteiger partial charge in [0.05, 0.1) is 6.61 Å². The largest absolute Gasteiger partial charge is 0.389 e. The first-order chi connectivity index (χ1) is 13.5. The van der Waals surface area contributed by atoms with Gasteiger partial charge in [-0.05, 0) is 70.1 Å². The van der Waals surface area contributed by atoms with Crippen LogP contribution < -0.4 is 5.32 Å². The van der Waals surface area contributed by atoms with Gasteiger partial charge in [0.25, 0.3) is 0 Å². The zero-order chi connectivity index (χ0) is 20.8. The van der Waals surface area contributed by atoms with Crippen LogP contribution in [0.3, 0.4) is 0 Å². The summed E-state index contributed by atoms with van der Waals surface area (Å²) in [4.78, 5) is 4.77. The van der Waals surface area contributed by atoms with Crippen molar-refractivity contribution in [1.29, 1.82) is 0 Å². The Kier molecular flexibility index (Phi) is 12.2. The highest BCUT2D eigenvalue weighted by molar-refractivity contribution is 5.59. The van der Waals surface area contributed by atoms with Crippen molar-refractivity contribution in [2.75, 3.05) is 19.8 Å². The van der Waals surface area contributed by atoms with Crippen LogP contribution >= 0.6 is 0 Å². The summed E-state index contributed by atoms with van der Waals surface area (Å²) >= 11 is 0. The van der Waals surface area contributed by atoms with Crippen LogP contribution in [0.25, 0.3) is 0 Å². The van der Waals surface area contributed by atoms with E-state index in [4.69, 9.17) is 9.73 Å². The summed E-state index contributed by atoms with van der Waals surface area (Å²) in [6, 6.07) is 6.53. The summed E-state index contributed by atoms with van der Waals surface area (Å²) < 4.78 is 6.11. The Balaban J connectivity index is 2.69. The number of nitrogens with one attached hydrogen (secondary N) is 1. The fourth-order valence-corrected chi connectivity index (χ4v) is 3.16. The maximum absolute atomic E-state index is 6.11. The molecule has 1 aromatic carbocycles. The first-order valence-corrected chi connectivity index (χ1v) is 10.7. The van der Waals surface area contributed by atoms with E-state index < -0.39 is 0 Å². The highest BCUT2D eigenvalue weighted by atomic mass is 16.5. The third kappa shape index (κ3) is 8.88. The first kappa shape index (κ1) is 24.2. The molecule has 0 bridgehead atoms. The number of ether oxygens (including phenoxy) is 1. The summed E-state index contributed by atoms with van der Waals surface area (Å²) in [7, 11) is 0. The van der Waals surface area contributed by atoms with E-state index in [1.54, 1.807) is 0 Å². The van der Waals surface area contributed by atoms with E-state index in [2.05, 4.69) is 63.9 Å². The molecule has 3 heteroatoms. The molecule has 0 aliphatic rings. The Morgan fingerprint density at radius 3 is 2.71 bits per heavy atom. The standard InChI is InChI=1S/C25H40N2O/c1-7-9-16-27-25(8-2)24(23-15-13-14-21(5)22(23)6)19-28-18-12-10-11-17-26-20(3)4/h8,13-16,24,26H,3,7,9-12,17-19H2,1-2,4-6H3/b25-8-,27-16?. The predicted molar refractivity (Wildman–Crippen MR) is 123 cm³/mol. The molecule has 1 rings (SSSR count). The highest BCUT2D eigenvalue weighted by Gasteiger charge is 2.19. The number of rotatable bonds is 14. The van der Waals surface area contributed by atoms with Crippen LogP contribution in [0.15, 0.2) is 47.2 Å². The number of unbranched alkanes of at least 4 members (excludes halogenated alkanes) is 3. The van der Waals surface area contributed by atoms with Crippen LogP contribution in [-0.4, -0.2) is 26.0 Å². The number of nitrogens with zero attached hydrogens (tertiary/aromatic N) is 1. The lowest BCUT2D eigenvalue weighted by Crippen LogP contribution is -2.14. The van der Waals surface area contributed by atoms with Crippen molar-refractivity contribution in [3.8, 4) is 0 Å². The van der Waals surface area contributed by atoms with Gasteiger partial charge in [0.1, 0.15) is 0 Å². The second-order valence-electron chi connectivity index (χ2n) is 7.50. The fourth-order valence-electron chi connectivity index (χ4n) is 3.16. The van der Waals surface area contributed by atoms with Crippen molar-refractivity contribution >= 4 is 6.21 Å². The van der Waals surface area contributed by atoms with Crippen LogP contribution in [0.5, 0.6) is 0 Å². The van der Waals surface area contributed by atoms with Crippen molar-refractivity contribution in [1.82, 2.24) is 5.32 Å². The second-order valence-corrected chi connectivity index (χ2v) is 7.50. The summed E-state index contributed by atoms with van der Waals surface area (Å²) in [6.07, 6.45) is 9.70. The van der Waals surface area contributed by atoms with Gasteiger partial charge in [-0.25, -0.2) is 0 Å². The van der Waals surface area contributed by atoms with E-state index in [0.717, 1.165) is 50.2 Å². The topological polar surface area (TPSA) is 33.6 Å². The van der Waals surface area contributed by atoms with Gasteiger partial charge < -0.3 is 10.1 Å². The molecule has 0 saturated carbocycles. The Labute approximate surface area is 173 Å². The molecule has 1 unspecified atom stereocenters. The highest BCUT2D eigenvalue weighted by Crippen LogP contribution is 2.30. The lowest BCUT2D eigenvalue weighted by molar-refractivity contribution is 0.122. The summed E-state index contributed by atoms with van der Waals surface area (Å²) in [5, 5.41) is 3.28. The fraction of sp³-hybridized carbons (Fsp3) is 0.560. The molecular weight excluding hydrogens is 344 g/mol. The zero-order valence-electron chi connectivity index (χ0n) is 18.7. The Hall–Kier alpha value is -1.87. The molecule has 0 fully saturated rings. The molecule has 0 saturated heterocycles. The van der Waals surface area contributed by atoms with E-state index in [9.17, 15) is 0 Å². The Morgan fingerprint density at radius 2 is 2.04 bits per heavy atom. The van der Waals surface area contributed by atoms with Gasteiger partial charge in [0.15, 0.2) is 0 Å². The minimum Gasteiger partial charge on any atom is -0.389 e. The average molecular weight is 385 g/mol. The SMILES string of the molecule is C=C(C)NCCCCCOCC(/C(=C/C)N=CCCC)c1cccc(C)c1C. The van der Waals surface area contributed by atoms with Crippen molar-refractivity contribution in [2.24, 2.45) is 4.99 Å². The van der Waals surface area contributed by atoms with Crippen molar-refractivity contribution < 1.29 is 4.74 Å². The second kappa shape index (κ2) is 14.2. The third-order valence-electron chi connectivity index (χ3n) is 5.01. The lowest BCUT2D eigenvalue weighted by atomic mass is 9.90. The molecule has 0 aliphatic heterocycles. The van der Waals surface area contributed by atoms with Gasteiger partial charge >= 0.3 is 0 Å². The number of hydrogen-bond donors (Lipinski definition) is 1. The van der Waals surface area contributed by atoms with Gasteiger partial charge in [-0.3, -0.25) is 4.99 Å². The molecule has 0 aliphatic carbocycles. The van der Waals surface area contributed by atoms with Crippen LogP contribution in [0.1, 0.15) is 75.5 Å². The molecule has 0 aromatic heterocycles. The first-order valence-electron chi connectivity index (χ1n) is 10.7. The number of hydrogen-bond acceptors (Lipinski definition) is 3. The number of aliphatic imine (C=N–C) groups is 1. The van der Waals surface area contributed by atoms with Crippen LogP contribution in [0.4, 0.5) is 0 Å². The summed E-state index contributed by atoms with van der Waals surface area (Å²) in [5.74, 6) is 0.183. The van der Waals surface area contributed by atoms with Crippen LogP contribution in [0.2, 0.25) is 0 Å². The van der Waals surface area contributed by atoms with Crippen molar-refractivity contribution in [3.63, 3.8) is 0 Å². The molecule has 156 valence electrons. The third-order valence-corrected chi connectivity index (χ3v) is 5.01. The molecule has 0 amide bonds. The van der Waals surface area contributed by atoms with Crippen LogP contribution in [0, 0.1) is 13.8 Å². The van der Waals surface area contributed by atoms with Gasteiger partial charge in [0, 0.05) is 36.7 Å². The Bertz CT molecular complexity index is 646. The van der Waals surface area contributed by atoms with E-state index in [1.165, 1.54) is 23.1 Å². The molecule has 1 N–H and O–H groups in total. The maximum Gasteiger partial charge on any atom is 0.0590 e. The zero-order valence-corrected chi connectivity index (χ0v) is 18.7. The van der Waals surface area contributed by atoms with E-state index in [0.29, 0.717) is 6.61 Å². The number of allylic oxidation sites excluding steroid dienone is 2. The van der Waals surface area contributed by atoms with Gasteiger partial charge in [0.2, 0.25) is 0 Å². The van der Waals surface area contributed by atoms with E-state index in [1.807, 2.05) is 13.1 Å². The summed E-state index contributed by atoms with van der Waals surface area (Å²) in [6.45, 7) is 17.0. The molecular formula is C25H40N2O. The minimum atomic E-state index is 0.183. The van der Waals surface area contributed by atoms with E-state index >= 15 is 0 Å². The predicted octanol–water partition coefficient (Wildman–Crippen LogP) is 6.47. The molecule has 0 radical (unpaired) electrons.